The van der Waals surface area contributed by atoms with Crippen molar-refractivity contribution in [2.75, 3.05) is 18.6 Å². The second-order valence-electron chi connectivity index (χ2n) is 4.03. The monoisotopic (exact) mass is 251 g/mol. The lowest BCUT2D eigenvalue weighted by Crippen LogP contribution is -2.25. The molecule has 1 aliphatic rings. The van der Waals surface area contributed by atoms with Crippen LogP contribution in [-0.2, 0) is 9.53 Å². The third-order valence-corrected chi connectivity index (χ3v) is 2.82. The number of methoxy groups -OCH3 is 1. The van der Waals surface area contributed by atoms with Gasteiger partial charge in [-0.25, -0.2) is 4.79 Å². The largest absolute Gasteiger partial charge is 0.505 e. The molecule has 96 valence electrons. The average Bonchev–Trinajstić information content (AvgIpc) is 2.68. The summed E-state index contributed by atoms with van der Waals surface area (Å²) in [6, 6.07) is 4.46. The van der Waals surface area contributed by atoms with Crippen LogP contribution in [0.15, 0.2) is 18.2 Å². The van der Waals surface area contributed by atoms with E-state index in [9.17, 15) is 19.8 Å². The summed E-state index contributed by atoms with van der Waals surface area (Å²) >= 11 is 0. The number of esters is 1. The maximum atomic E-state index is 11.6. The fraction of sp³-hybridized carbons (Fsp3) is 0.333. The number of para-hydroxylation sites is 1. The topological polar surface area (TPSA) is 87.1 Å². The van der Waals surface area contributed by atoms with Crippen LogP contribution in [0.5, 0.6) is 5.75 Å². The molecule has 6 nitrogen and oxygen atoms in total. The Bertz CT molecular complexity index is 499. The van der Waals surface area contributed by atoms with E-state index in [1.165, 1.54) is 24.1 Å². The number of hydrogen-bond acceptors (Lipinski definition) is 5. The Morgan fingerprint density at radius 1 is 1.50 bits per heavy atom. The van der Waals surface area contributed by atoms with Gasteiger partial charge >= 0.3 is 5.97 Å². The van der Waals surface area contributed by atoms with E-state index in [4.69, 9.17) is 0 Å². The van der Waals surface area contributed by atoms with Gasteiger partial charge < -0.3 is 19.8 Å². The molecule has 6 heteroatoms. The Morgan fingerprint density at radius 2 is 2.22 bits per heavy atom. The molecule has 0 bridgehead atoms. The van der Waals surface area contributed by atoms with E-state index < -0.39 is 12.1 Å². The number of rotatable bonds is 2. The van der Waals surface area contributed by atoms with E-state index in [0.717, 1.165) is 0 Å². The van der Waals surface area contributed by atoms with Gasteiger partial charge in [-0.1, -0.05) is 6.07 Å². The molecule has 1 atom stereocenters. The zero-order chi connectivity index (χ0) is 13.3. The van der Waals surface area contributed by atoms with Crippen LogP contribution in [0.4, 0.5) is 5.69 Å². The van der Waals surface area contributed by atoms with Crippen molar-refractivity contribution in [1.29, 1.82) is 0 Å². The molecule has 1 fully saturated rings. The standard InChI is InChI=1S/C12H13NO5/c1-18-12(17)8-3-2-4-9(11(8)16)13-6-7(14)5-10(13)15/h2-4,7,14,16H,5-6H2,1H3. The predicted molar refractivity (Wildman–Crippen MR) is 62.4 cm³/mol. The van der Waals surface area contributed by atoms with Gasteiger partial charge in [0.25, 0.3) is 0 Å². The fourth-order valence-electron chi connectivity index (χ4n) is 1.95. The summed E-state index contributed by atoms with van der Waals surface area (Å²) in [5.74, 6) is -1.28. The molecule has 1 heterocycles. The molecule has 0 spiro atoms. The summed E-state index contributed by atoms with van der Waals surface area (Å²) < 4.78 is 4.53. The third-order valence-electron chi connectivity index (χ3n) is 2.82. The second kappa shape index (κ2) is 4.66. The first kappa shape index (κ1) is 12.4. The van der Waals surface area contributed by atoms with Gasteiger partial charge in [-0.3, -0.25) is 4.79 Å². The van der Waals surface area contributed by atoms with Crippen LogP contribution in [0.1, 0.15) is 16.8 Å². The number of β-amino-alcohol motifs (C(OH)–C–C–N with tert-alkyl or cyclic N) is 1. The molecule has 1 saturated heterocycles. The molecule has 0 saturated carbocycles. The van der Waals surface area contributed by atoms with Crippen LogP contribution in [0.2, 0.25) is 0 Å². The van der Waals surface area contributed by atoms with Crippen LogP contribution >= 0.6 is 0 Å². The van der Waals surface area contributed by atoms with Crippen molar-refractivity contribution in [3.63, 3.8) is 0 Å². The summed E-state index contributed by atoms with van der Waals surface area (Å²) in [5.41, 5.74) is 0.198. The van der Waals surface area contributed by atoms with Crippen molar-refractivity contribution in [3.05, 3.63) is 23.8 Å². The summed E-state index contributed by atoms with van der Waals surface area (Å²) in [5, 5.41) is 19.4. The molecule has 2 N–H and O–H groups in total. The molecule has 1 amide bonds. The minimum absolute atomic E-state index is 0.0100. The van der Waals surface area contributed by atoms with Crippen LogP contribution in [0, 0.1) is 0 Å². The van der Waals surface area contributed by atoms with Gasteiger partial charge in [0.1, 0.15) is 5.56 Å². The number of phenols is 1. The molecule has 18 heavy (non-hydrogen) atoms. The second-order valence-corrected chi connectivity index (χ2v) is 4.03. The highest BCUT2D eigenvalue weighted by Gasteiger charge is 2.31. The molecule has 0 aromatic heterocycles. The van der Waals surface area contributed by atoms with Crippen LogP contribution < -0.4 is 4.90 Å². The Balaban J connectivity index is 2.40. The molecule has 2 rings (SSSR count). The van der Waals surface area contributed by atoms with Crippen molar-refractivity contribution in [2.45, 2.75) is 12.5 Å². The number of ether oxygens (including phenoxy) is 1. The van der Waals surface area contributed by atoms with Gasteiger partial charge in [0.15, 0.2) is 5.75 Å². The highest BCUT2D eigenvalue weighted by atomic mass is 16.5. The van der Waals surface area contributed by atoms with Gasteiger partial charge in [-0.05, 0) is 12.1 Å². The molecule has 0 radical (unpaired) electrons. The Labute approximate surface area is 103 Å². The number of carbonyl (C=O) groups excluding carboxylic acids is 2. The Morgan fingerprint density at radius 3 is 2.78 bits per heavy atom. The Hall–Kier alpha value is -2.08. The summed E-state index contributed by atoms with van der Waals surface area (Å²) in [7, 11) is 1.21. The predicted octanol–water partition coefficient (Wildman–Crippen LogP) is 0.276. The van der Waals surface area contributed by atoms with E-state index in [1.54, 1.807) is 6.07 Å². The number of nitrogens with zero attached hydrogens (tertiary/aromatic N) is 1. The number of benzene rings is 1. The number of anilines is 1. The van der Waals surface area contributed by atoms with Gasteiger partial charge in [0, 0.05) is 0 Å². The number of hydrogen-bond donors (Lipinski definition) is 2. The van der Waals surface area contributed by atoms with Crippen molar-refractivity contribution in [1.82, 2.24) is 0 Å². The van der Waals surface area contributed by atoms with Crippen molar-refractivity contribution in [2.24, 2.45) is 0 Å². The number of carbonyl (C=O) groups is 2. The highest BCUT2D eigenvalue weighted by Crippen LogP contribution is 2.33. The zero-order valence-corrected chi connectivity index (χ0v) is 9.79. The first-order valence-corrected chi connectivity index (χ1v) is 5.43. The molecule has 1 aromatic rings. The maximum absolute atomic E-state index is 11.6. The zero-order valence-electron chi connectivity index (χ0n) is 9.79. The molecule has 0 aliphatic carbocycles. The number of amides is 1. The quantitative estimate of drug-likeness (QED) is 0.737. The number of aromatic hydroxyl groups is 1. The lowest BCUT2D eigenvalue weighted by Gasteiger charge is -2.18. The smallest absolute Gasteiger partial charge is 0.341 e. The molecular weight excluding hydrogens is 238 g/mol. The van der Waals surface area contributed by atoms with Gasteiger partial charge in [-0.15, -0.1) is 0 Å². The van der Waals surface area contributed by atoms with E-state index in [0.29, 0.717) is 0 Å². The Kier molecular flexibility index (Phi) is 3.20. The molecular formula is C12H13NO5. The fourth-order valence-corrected chi connectivity index (χ4v) is 1.95. The number of aliphatic hydroxyl groups excluding tert-OH is 1. The first-order valence-electron chi connectivity index (χ1n) is 5.43. The van der Waals surface area contributed by atoms with Crippen LogP contribution in [0.3, 0.4) is 0 Å². The SMILES string of the molecule is COC(=O)c1cccc(N2CC(O)CC2=O)c1O. The van der Waals surface area contributed by atoms with E-state index >= 15 is 0 Å². The molecule has 1 aromatic carbocycles. The van der Waals surface area contributed by atoms with E-state index in [-0.39, 0.29) is 35.9 Å². The lowest BCUT2D eigenvalue weighted by molar-refractivity contribution is -0.117. The maximum Gasteiger partial charge on any atom is 0.341 e. The summed E-state index contributed by atoms with van der Waals surface area (Å²) in [6.45, 7) is 0.108. The van der Waals surface area contributed by atoms with Crippen LogP contribution in [-0.4, -0.2) is 41.8 Å². The van der Waals surface area contributed by atoms with Gasteiger partial charge in [-0.2, -0.15) is 0 Å². The number of phenolic OH excluding ortho intramolecular Hbond substituents is 1. The van der Waals surface area contributed by atoms with E-state index in [1.807, 2.05) is 0 Å². The molecule has 1 aliphatic heterocycles. The van der Waals surface area contributed by atoms with Crippen molar-refractivity contribution < 1.29 is 24.5 Å². The van der Waals surface area contributed by atoms with E-state index in [2.05, 4.69) is 4.74 Å². The number of aliphatic hydroxyl groups is 1. The van der Waals surface area contributed by atoms with Crippen molar-refractivity contribution >= 4 is 17.6 Å². The highest BCUT2D eigenvalue weighted by molar-refractivity contribution is 6.01. The summed E-state index contributed by atoms with van der Waals surface area (Å²) in [6.07, 6.45) is -0.735. The van der Waals surface area contributed by atoms with Crippen LogP contribution in [0.25, 0.3) is 0 Å². The van der Waals surface area contributed by atoms with Gasteiger partial charge in [0.05, 0.1) is 31.9 Å². The van der Waals surface area contributed by atoms with Gasteiger partial charge in [0.2, 0.25) is 5.91 Å². The third kappa shape index (κ3) is 2.02. The lowest BCUT2D eigenvalue weighted by atomic mass is 10.1. The average molecular weight is 251 g/mol. The first-order chi connectivity index (χ1) is 8.54. The minimum atomic E-state index is -0.751. The van der Waals surface area contributed by atoms with Crippen molar-refractivity contribution in [3.8, 4) is 5.75 Å². The normalized spacial score (nSPS) is 19.1. The minimum Gasteiger partial charge on any atom is -0.505 e. The molecule has 1 unspecified atom stereocenters. The summed E-state index contributed by atoms with van der Waals surface area (Å²) in [4.78, 5) is 24.3.